The third-order valence-corrected chi connectivity index (χ3v) is 7.86. The highest BCUT2D eigenvalue weighted by molar-refractivity contribution is 6.08. The SMILES string of the molecule is Cc1ccc(-n2nc(C(C)(C)C)cc2NC(=O)Nc2ccc(C3=CC(NCc4ccco4)CCC3)c3ccccc23)cn1. The molecule has 1 aliphatic carbocycles. The molecule has 3 heterocycles. The van der Waals surface area contributed by atoms with E-state index >= 15 is 0 Å². The van der Waals surface area contributed by atoms with E-state index in [-0.39, 0.29) is 17.5 Å². The number of fused-ring (bicyclic) bond motifs is 1. The minimum Gasteiger partial charge on any atom is -0.468 e. The van der Waals surface area contributed by atoms with Gasteiger partial charge in [-0.05, 0) is 73.0 Å². The fourth-order valence-electron chi connectivity index (χ4n) is 5.53. The zero-order valence-corrected chi connectivity index (χ0v) is 25.1. The fraction of sp³-hybridized carbons (Fsp3) is 0.286. The molecule has 1 aliphatic rings. The number of hydrogen-bond acceptors (Lipinski definition) is 5. The van der Waals surface area contributed by atoms with Crippen LogP contribution in [-0.4, -0.2) is 26.8 Å². The lowest BCUT2D eigenvalue weighted by atomic mass is 9.88. The van der Waals surface area contributed by atoms with Crippen LogP contribution in [0.3, 0.4) is 0 Å². The predicted molar refractivity (Wildman–Crippen MR) is 173 cm³/mol. The summed E-state index contributed by atoms with van der Waals surface area (Å²) >= 11 is 0. The first kappa shape index (κ1) is 28.4. The molecular weight excluding hydrogens is 536 g/mol. The van der Waals surface area contributed by atoms with Crippen molar-refractivity contribution < 1.29 is 9.21 Å². The Morgan fingerprint density at radius 1 is 1.02 bits per heavy atom. The van der Waals surface area contributed by atoms with Crippen molar-refractivity contribution in [3.8, 4) is 5.69 Å². The lowest BCUT2D eigenvalue weighted by molar-refractivity contribution is 0.262. The van der Waals surface area contributed by atoms with Crippen LogP contribution in [0.25, 0.3) is 22.0 Å². The summed E-state index contributed by atoms with van der Waals surface area (Å²) in [4.78, 5) is 17.8. The van der Waals surface area contributed by atoms with Gasteiger partial charge in [0.1, 0.15) is 11.6 Å². The number of allylic oxidation sites excluding steroid dienone is 1. The van der Waals surface area contributed by atoms with Crippen molar-refractivity contribution in [3.63, 3.8) is 0 Å². The minimum absolute atomic E-state index is 0.191. The molecule has 8 nitrogen and oxygen atoms in total. The first-order valence-corrected chi connectivity index (χ1v) is 14.8. The molecule has 1 atom stereocenters. The maximum Gasteiger partial charge on any atom is 0.324 e. The summed E-state index contributed by atoms with van der Waals surface area (Å²) in [6.07, 6.45) is 9.04. The van der Waals surface area contributed by atoms with Crippen LogP contribution in [0.2, 0.25) is 0 Å². The molecule has 1 unspecified atom stereocenters. The number of aryl methyl sites for hydroxylation is 1. The average molecular weight is 575 g/mol. The van der Waals surface area contributed by atoms with E-state index in [1.165, 1.54) is 11.1 Å². The van der Waals surface area contributed by atoms with Crippen molar-refractivity contribution in [1.82, 2.24) is 20.1 Å². The Balaban J connectivity index is 1.25. The molecule has 0 saturated carbocycles. The molecule has 3 aromatic heterocycles. The van der Waals surface area contributed by atoms with Crippen molar-refractivity contribution in [3.05, 3.63) is 108 Å². The maximum absolute atomic E-state index is 13.4. The Hall–Kier alpha value is -4.69. The van der Waals surface area contributed by atoms with Crippen LogP contribution < -0.4 is 16.0 Å². The lowest BCUT2D eigenvalue weighted by Gasteiger charge is -2.23. The van der Waals surface area contributed by atoms with Gasteiger partial charge in [-0.15, -0.1) is 0 Å². The summed E-state index contributed by atoms with van der Waals surface area (Å²) in [5.74, 6) is 1.52. The summed E-state index contributed by atoms with van der Waals surface area (Å²) < 4.78 is 7.23. The molecule has 0 radical (unpaired) electrons. The molecule has 0 spiro atoms. The molecule has 5 aromatic rings. The van der Waals surface area contributed by atoms with E-state index in [9.17, 15) is 4.79 Å². The molecule has 2 amide bonds. The number of carbonyl (C=O) groups excluding carboxylic acids is 1. The summed E-state index contributed by atoms with van der Waals surface area (Å²) in [6.45, 7) is 8.95. The highest BCUT2D eigenvalue weighted by Crippen LogP contribution is 2.35. The second kappa shape index (κ2) is 11.9. The average Bonchev–Trinajstić information content (AvgIpc) is 3.67. The van der Waals surface area contributed by atoms with Crippen molar-refractivity contribution in [2.75, 3.05) is 10.6 Å². The molecule has 0 bridgehead atoms. The fourth-order valence-corrected chi connectivity index (χ4v) is 5.53. The number of rotatable bonds is 7. The number of urea groups is 1. The molecule has 0 saturated heterocycles. The van der Waals surface area contributed by atoms with E-state index < -0.39 is 0 Å². The van der Waals surface area contributed by atoms with Gasteiger partial charge in [-0.1, -0.05) is 57.2 Å². The number of carbonyl (C=O) groups is 1. The van der Waals surface area contributed by atoms with Gasteiger partial charge in [0, 0.05) is 28.6 Å². The number of pyridine rings is 1. The van der Waals surface area contributed by atoms with Crippen LogP contribution in [0.5, 0.6) is 0 Å². The van der Waals surface area contributed by atoms with Crippen LogP contribution >= 0.6 is 0 Å². The highest BCUT2D eigenvalue weighted by Gasteiger charge is 2.22. The van der Waals surface area contributed by atoms with Crippen LogP contribution in [-0.2, 0) is 12.0 Å². The normalized spacial score (nSPS) is 15.3. The number of nitrogens with one attached hydrogen (secondary N) is 3. The maximum atomic E-state index is 13.4. The molecule has 43 heavy (non-hydrogen) atoms. The monoisotopic (exact) mass is 574 g/mol. The zero-order valence-electron chi connectivity index (χ0n) is 25.1. The number of amides is 2. The molecule has 220 valence electrons. The third kappa shape index (κ3) is 6.39. The van der Waals surface area contributed by atoms with E-state index in [1.807, 2.05) is 55.5 Å². The van der Waals surface area contributed by atoms with Gasteiger partial charge in [-0.25, -0.2) is 9.48 Å². The number of anilines is 2. The van der Waals surface area contributed by atoms with Crippen LogP contribution in [0.15, 0.2) is 89.7 Å². The molecular formula is C35H38N6O2. The van der Waals surface area contributed by atoms with E-state index in [0.29, 0.717) is 12.4 Å². The minimum atomic E-state index is -0.335. The summed E-state index contributed by atoms with van der Waals surface area (Å²) in [7, 11) is 0. The van der Waals surface area contributed by atoms with Crippen molar-refractivity contribution in [2.24, 2.45) is 0 Å². The van der Waals surface area contributed by atoms with Gasteiger partial charge < -0.3 is 15.1 Å². The zero-order chi connectivity index (χ0) is 30.0. The molecule has 6 rings (SSSR count). The molecule has 8 heteroatoms. The largest absolute Gasteiger partial charge is 0.468 e. The van der Waals surface area contributed by atoms with Gasteiger partial charge in [-0.3, -0.25) is 10.3 Å². The van der Waals surface area contributed by atoms with E-state index in [1.54, 1.807) is 17.1 Å². The number of furan rings is 1. The number of hydrogen-bond donors (Lipinski definition) is 3. The summed E-state index contributed by atoms with van der Waals surface area (Å²) in [6, 6.07) is 22.0. The van der Waals surface area contributed by atoms with Gasteiger partial charge in [-0.2, -0.15) is 5.10 Å². The van der Waals surface area contributed by atoms with Crippen LogP contribution in [0.4, 0.5) is 16.3 Å². The lowest BCUT2D eigenvalue weighted by Crippen LogP contribution is -2.28. The smallest absolute Gasteiger partial charge is 0.324 e. The van der Waals surface area contributed by atoms with Gasteiger partial charge in [0.05, 0.1) is 36.1 Å². The van der Waals surface area contributed by atoms with Gasteiger partial charge in [0.2, 0.25) is 0 Å². The van der Waals surface area contributed by atoms with Crippen molar-refractivity contribution in [1.29, 1.82) is 0 Å². The quantitative estimate of drug-likeness (QED) is 0.183. The molecule has 0 fully saturated rings. The van der Waals surface area contributed by atoms with Gasteiger partial charge in [0.15, 0.2) is 0 Å². The predicted octanol–water partition coefficient (Wildman–Crippen LogP) is 7.99. The van der Waals surface area contributed by atoms with Crippen molar-refractivity contribution in [2.45, 2.75) is 65.0 Å². The van der Waals surface area contributed by atoms with Crippen molar-refractivity contribution >= 4 is 33.9 Å². The topological polar surface area (TPSA) is 97.0 Å². The second-order valence-electron chi connectivity index (χ2n) is 12.2. The first-order chi connectivity index (χ1) is 20.7. The van der Waals surface area contributed by atoms with Crippen LogP contribution in [0.1, 0.15) is 62.7 Å². The molecule has 0 aliphatic heterocycles. The summed E-state index contributed by atoms with van der Waals surface area (Å²) in [5.41, 5.74) is 5.65. The van der Waals surface area contributed by atoms with E-state index in [4.69, 9.17) is 9.52 Å². The van der Waals surface area contributed by atoms with Gasteiger partial charge >= 0.3 is 6.03 Å². The molecule has 2 aromatic carbocycles. The Kier molecular flexibility index (Phi) is 7.86. The van der Waals surface area contributed by atoms with E-state index in [0.717, 1.165) is 58.6 Å². The number of benzene rings is 2. The van der Waals surface area contributed by atoms with E-state index in [2.05, 4.69) is 66.0 Å². The summed E-state index contributed by atoms with van der Waals surface area (Å²) in [5, 5.41) is 16.7. The third-order valence-electron chi connectivity index (χ3n) is 7.86. The van der Waals surface area contributed by atoms with Crippen LogP contribution in [0, 0.1) is 6.92 Å². The highest BCUT2D eigenvalue weighted by atomic mass is 16.3. The van der Waals surface area contributed by atoms with Gasteiger partial charge in [0.25, 0.3) is 0 Å². The Labute approximate surface area is 252 Å². The second-order valence-corrected chi connectivity index (χ2v) is 12.2. The Morgan fingerprint density at radius 2 is 1.86 bits per heavy atom. The number of nitrogens with zero attached hydrogens (tertiary/aromatic N) is 3. The number of aromatic nitrogens is 3. The molecule has 3 N–H and O–H groups in total. The first-order valence-electron chi connectivity index (χ1n) is 14.8. The Bertz CT molecular complexity index is 1760. The standard InChI is InChI=1S/C35H38N6O2/c1-23-14-15-26(21-36-23)41-33(20-32(40-41)35(2,3)4)39-34(42)38-31-17-16-28(29-12-5-6-13-30(29)31)24-9-7-10-25(19-24)37-22-27-11-8-18-43-27/h5-6,8,11-21,25,37H,7,9-10,22H2,1-4H3,(H2,38,39,42). The Morgan fingerprint density at radius 3 is 2.60 bits per heavy atom.